The molecule has 1 rings (SSSR count). The lowest BCUT2D eigenvalue weighted by molar-refractivity contribution is -0.257. The minimum absolute atomic E-state index is 0.169. The molecule has 0 spiro atoms. The van der Waals surface area contributed by atoms with Crippen LogP contribution in [0.5, 0.6) is 0 Å². The van der Waals surface area contributed by atoms with E-state index in [1.54, 1.807) is 27.7 Å². The van der Waals surface area contributed by atoms with Gasteiger partial charge in [-0.15, -0.1) is 0 Å². The molecule has 0 saturated heterocycles. The van der Waals surface area contributed by atoms with Crippen LogP contribution in [0.4, 0.5) is 13.2 Å². The van der Waals surface area contributed by atoms with Crippen molar-refractivity contribution in [2.45, 2.75) is 103 Å². The third-order valence-electron chi connectivity index (χ3n) is 6.49. The summed E-state index contributed by atoms with van der Waals surface area (Å²) in [6.45, 7) is 7.49. The van der Waals surface area contributed by atoms with Crippen molar-refractivity contribution in [3.05, 3.63) is 0 Å². The first kappa shape index (κ1) is 32.6. The highest BCUT2D eigenvalue weighted by Crippen LogP contribution is 2.43. The highest BCUT2D eigenvalue weighted by atomic mass is 19.4. The molecule has 3 unspecified atom stereocenters. The third kappa shape index (κ3) is 9.13. The molecule has 0 aromatic rings. The minimum atomic E-state index is -5.28. The molecule has 0 aromatic heterocycles. The number of ether oxygens (including phenoxy) is 4. The van der Waals surface area contributed by atoms with Crippen LogP contribution in [0, 0.1) is 11.8 Å². The fourth-order valence-corrected chi connectivity index (χ4v) is 3.95. The van der Waals surface area contributed by atoms with Crippen LogP contribution < -0.4 is 0 Å². The zero-order chi connectivity index (χ0) is 29.0. The molecule has 214 valence electrons. The molecule has 0 heterocycles. The average molecular weight is 543 g/mol. The largest absolute Gasteiger partial charge is 0.457 e. The van der Waals surface area contributed by atoms with Crippen LogP contribution in [-0.2, 0) is 38.1 Å². The lowest BCUT2D eigenvalue weighted by Gasteiger charge is -2.44. The van der Waals surface area contributed by atoms with Crippen LogP contribution >= 0.6 is 0 Å². The molecule has 1 fully saturated rings. The number of hydrogen-bond donors (Lipinski definition) is 2. The maximum atomic E-state index is 12.7. The zero-order valence-electron chi connectivity index (χ0n) is 22.2. The number of hydrogen-bond acceptors (Lipinski definition) is 10. The van der Waals surface area contributed by atoms with Gasteiger partial charge in [0.1, 0.15) is 11.2 Å². The van der Waals surface area contributed by atoms with Gasteiger partial charge >= 0.3 is 30.1 Å². The number of carbonyl (C=O) groups is 4. The second-order valence-corrected chi connectivity index (χ2v) is 11.0. The maximum Gasteiger partial charge on any atom is 0.427 e. The van der Waals surface area contributed by atoms with Crippen molar-refractivity contribution in [2.75, 3.05) is 13.2 Å². The topological polar surface area (TPSA) is 146 Å². The Balaban J connectivity index is 2.71. The smallest absolute Gasteiger partial charge is 0.427 e. The minimum Gasteiger partial charge on any atom is -0.457 e. The van der Waals surface area contributed by atoms with E-state index in [4.69, 9.17) is 14.2 Å². The molecule has 0 aliphatic heterocycles. The molecule has 0 aromatic carbocycles. The molecule has 0 amide bonds. The summed E-state index contributed by atoms with van der Waals surface area (Å²) in [7, 11) is 0. The van der Waals surface area contributed by atoms with E-state index < -0.39 is 65.7 Å². The maximum absolute atomic E-state index is 12.7. The molecule has 3 atom stereocenters. The van der Waals surface area contributed by atoms with Gasteiger partial charge in [0.2, 0.25) is 0 Å². The SMILES string of the molecule is CC(C)(O)C(=O)OCC(=O)OC(C)(C)C1CCCC(C(C)(C)OC(=O)COC(=O)C(C)(O)C(F)(F)F)C1. The van der Waals surface area contributed by atoms with Crippen LogP contribution in [0.1, 0.15) is 74.1 Å². The number of alkyl halides is 3. The highest BCUT2D eigenvalue weighted by Gasteiger charge is 2.57. The van der Waals surface area contributed by atoms with Gasteiger partial charge in [-0.25, -0.2) is 19.2 Å². The van der Waals surface area contributed by atoms with E-state index in [1.807, 2.05) is 0 Å². The Kier molecular flexibility index (Phi) is 10.2. The van der Waals surface area contributed by atoms with Gasteiger partial charge in [-0.2, -0.15) is 13.2 Å². The second-order valence-electron chi connectivity index (χ2n) is 11.0. The van der Waals surface area contributed by atoms with E-state index in [2.05, 4.69) is 4.74 Å². The van der Waals surface area contributed by atoms with Gasteiger partial charge in [-0.05, 0) is 79.6 Å². The number of rotatable bonds is 10. The van der Waals surface area contributed by atoms with Crippen molar-refractivity contribution in [1.29, 1.82) is 0 Å². The van der Waals surface area contributed by atoms with E-state index in [1.165, 1.54) is 13.8 Å². The normalized spacial score (nSPS) is 20.9. The van der Waals surface area contributed by atoms with E-state index in [0.717, 1.165) is 0 Å². The van der Waals surface area contributed by atoms with Gasteiger partial charge in [0, 0.05) is 0 Å². The Hall–Kier alpha value is -2.41. The molecule has 1 aliphatic rings. The van der Waals surface area contributed by atoms with Gasteiger partial charge in [-0.3, -0.25) is 0 Å². The summed E-state index contributed by atoms with van der Waals surface area (Å²) in [5.74, 6) is -5.28. The van der Waals surface area contributed by atoms with Gasteiger partial charge in [0.25, 0.3) is 5.60 Å². The standard InChI is InChI=1S/C24H37F3O10/c1-20(2,32)18(30)34-12-16(28)36-21(3,4)14-9-8-10-15(11-14)22(5,6)37-17(29)13-35-19(31)23(7,33)24(25,26)27/h14-15,32-33H,8-13H2,1-7H3. The van der Waals surface area contributed by atoms with E-state index in [9.17, 15) is 42.6 Å². The predicted octanol–water partition coefficient (Wildman–Crippen LogP) is 2.61. The van der Waals surface area contributed by atoms with E-state index in [-0.39, 0.29) is 18.8 Å². The van der Waals surface area contributed by atoms with Gasteiger partial charge in [0.15, 0.2) is 18.8 Å². The van der Waals surface area contributed by atoms with Crippen molar-refractivity contribution in [2.24, 2.45) is 11.8 Å². The number of esters is 4. The average Bonchev–Trinajstić information content (AvgIpc) is 2.73. The summed E-state index contributed by atoms with van der Waals surface area (Å²) < 4.78 is 58.2. The molecule has 1 saturated carbocycles. The number of carbonyl (C=O) groups excluding carboxylic acids is 4. The second kappa shape index (κ2) is 11.5. The van der Waals surface area contributed by atoms with Crippen LogP contribution in [0.2, 0.25) is 0 Å². The lowest BCUT2D eigenvalue weighted by atomic mass is 9.69. The van der Waals surface area contributed by atoms with Crippen molar-refractivity contribution in [3.8, 4) is 0 Å². The van der Waals surface area contributed by atoms with E-state index >= 15 is 0 Å². The third-order valence-corrected chi connectivity index (χ3v) is 6.49. The Morgan fingerprint density at radius 3 is 1.46 bits per heavy atom. The van der Waals surface area contributed by atoms with Crippen LogP contribution in [0.25, 0.3) is 0 Å². The van der Waals surface area contributed by atoms with Gasteiger partial charge in [0.05, 0.1) is 0 Å². The molecule has 13 heteroatoms. The molecule has 37 heavy (non-hydrogen) atoms. The molecule has 2 N–H and O–H groups in total. The summed E-state index contributed by atoms with van der Waals surface area (Å²) >= 11 is 0. The Labute approximate surface area is 213 Å². The van der Waals surface area contributed by atoms with Crippen LogP contribution in [0.3, 0.4) is 0 Å². The first-order chi connectivity index (χ1) is 16.5. The fourth-order valence-electron chi connectivity index (χ4n) is 3.95. The van der Waals surface area contributed by atoms with Crippen LogP contribution in [-0.4, -0.2) is 75.9 Å². The van der Waals surface area contributed by atoms with Gasteiger partial charge < -0.3 is 29.2 Å². The summed E-state index contributed by atoms with van der Waals surface area (Å²) in [5.41, 5.74) is -7.61. The summed E-state index contributed by atoms with van der Waals surface area (Å²) in [6.07, 6.45) is -2.78. The monoisotopic (exact) mass is 542 g/mol. The van der Waals surface area contributed by atoms with Crippen LogP contribution in [0.15, 0.2) is 0 Å². The summed E-state index contributed by atoms with van der Waals surface area (Å²) in [6, 6.07) is 0. The van der Waals surface area contributed by atoms with E-state index in [0.29, 0.717) is 25.7 Å². The molecule has 0 radical (unpaired) electrons. The molecular formula is C24H37F3O10. The van der Waals surface area contributed by atoms with Crippen molar-refractivity contribution in [3.63, 3.8) is 0 Å². The Bertz CT molecular complexity index is 856. The molecule has 0 bridgehead atoms. The van der Waals surface area contributed by atoms with Gasteiger partial charge in [-0.1, -0.05) is 6.42 Å². The number of aliphatic hydroxyl groups is 2. The fraction of sp³-hybridized carbons (Fsp3) is 0.833. The first-order valence-electron chi connectivity index (χ1n) is 11.8. The highest BCUT2D eigenvalue weighted by molar-refractivity contribution is 5.83. The Morgan fingerprint density at radius 2 is 1.11 bits per heavy atom. The predicted molar refractivity (Wildman–Crippen MR) is 121 cm³/mol. The lowest BCUT2D eigenvalue weighted by Crippen LogP contribution is -2.51. The Morgan fingerprint density at radius 1 is 0.730 bits per heavy atom. The van der Waals surface area contributed by atoms with Crippen molar-refractivity contribution < 1.29 is 61.5 Å². The number of halogens is 3. The molecule has 10 nitrogen and oxygen atoms in total. The van der Waals surface area contributed by atoms with Crippen molar-refractivity contribution in [1.82, 2.24) is 0 Å². The van der Waals surface area contributed by atoms with Crippen molar-refractivity contribution >= 4 is 23.9 Å². The molecular weight excluding hydrogens is 505 g/mol. The zero-order valence-corrected chi connectivity index (χ0v) is 22.2. The first-order valence-corrected chi connectivity index (χ1v) is 11.8. The quantitative estimate of drug-likeness (QED) is 0.312. The molecule has 1 aliphatic carbocycles. The summed E-state index contributed by atoms with van der Waals surface area (Å²) in [4.78, 5) is 47.7. The summed E-state index contributed by atoms with van der Waals surface area (Å²) in [5, 5.41) is 18.9.